The number of hydrogen-bond donors (Lipinski definition) is 4. The molecule has 8 heteroatoms. The van der Waals surface area contributed by atoms with Crippen LogP contribution in [0.5, 0.6) is 0 Å². The quantitative estimate of drug-likeness (QED) is 0.0515. The van der Waals surface area contributed by atoms with Crippen LogP contribution in [0.25, 0.3) is 231 Å². The Morgan fingerprint density at radius 2 is 0.569 bits per heavy atom. The molecule has 0 spiro atoms. The summed E-state index contributed by atoms with van der Waals surface area (Å²) in [6.45, 7) is 17.9. The largest absolute Gasteiger partial charge is 0.478 e. The van der Waals surface area contributed by atoms with Gasteiger partial charge in [0.15, 0.2) is 5.43 Å². The molecule has 0 radical (unpaired) electrons. The van der Waals surface area contributed by atoms with Gasteiger partial charge >= 0.3 is 5.97 Å². The maximum Gasteiger partial charge on any atom is 0.337 e. The van der Waals surface area contributed by atoms with E-state index in [1.165, 1.54) is 192 Å². The van der Waals surface area contributed by atoms with Crippen molar-refractivity contribution in [1.82, 2.24) is 5.64 Å². The smallest absolute Gasteiger partial charge is 0.337 e. The van der Waals surface area contributed by atoms with E-state index in [1.807, 2.05) is 66.7 Å². The van der Waals surface area contributed by atoms with Crippen molar-refractivity contribution in [2.24, 2.45) is 5.92 Å². The Morgan fingerprint density at radius 1 is 0.299 bits per heavy atom. The van der Waals surface area contributed by atoms with Crippen LogP contribution in [0, 0.1) is 5.92 Å². The zero-order chi connectivity index (χ0) is 94.1. The van der Waals surface area contributed by atoms with Crippen LogP contribution in [-0.2, 0) is 15.7 Å². The molecule has 137 heavy (non-hydrogen) atoms. The first-order chi connectivity index (χ1) is 66.7. The second kappa shape index (κ2) is 36.3. The fraction of sp³-hybridized carbons (Fsp3) is 0.101. The predicted octanol–water partition coefficient (Wildman–Crippen LogP) is 34.9. The summed E-state index contributed by atoms with van der Waals surface area (Å²) in [5.41, 5.74) is 41.7. The van der Waals surface area contributed by atoms with Gasteiger partial charge in [-0.25, -0.2) is 4.79 Å². The fourth-order valence-electron chi connectivity index (χ4n) is 21.4. The van der Waals surface area contributed by atoms with Crippen molar-refractivity contribution < 1.29 is 19.9 Å². The average molecular weight is 1790 g/mol. The molecule has 0 amide bonds. The molecule has 0 saturated heterocycles. The molecule has 0 aliphatic heterocycles. The molecular formula is C129H101ClN2O5. The van der Waals surface area contributed by atoms with E-state index in [2.05, 4.69) is 382 Å². The van der Waals surface area contributed by atoms with Crippen molar-refractivity contribution in [2.75, 3.05) is 12.3 Å². The van der Waals surface area contributed by atoms with Crippen LogP contribution in [0.2, 0.25) is 5.02 Å². The molecule has 0 saturated carbocycles. The van der Waals surface area contributed by atoms with Gasteiger partial charge in [-0.2, -0.15) is 0 Å². The van der Waals surface area contributed by atoms with Crippen molar-refractivity contribution in [1.29, 1.82) is 0 Å². The lowest BCUT2D eigenvalue weighted by Gasteiger charge is -2.24. The molecule has 21 aromatic rings. The zero-order valence-corrected chi connectivity index (χ0v) is 78.5. The summed E-state index contributed by atoms with van der Waals surface area (Å²) in [6.07, 6.45) is 0.966. The number of aromatic carboxylic acids is 1. The van der Waals surface area contributed by atoms with Crippen LogP contribution in [0.4, 0.5) is 5.69 Å². The summed E-state index contributed by atoms with van der Waals surface area (Å²) in [4.78, 5) is 29.7. The van der Waals surface area contributed by atoms with Gasteiger partial charge in [0.25, 0.3) is 0 Å². The number of carboxylic acids is 1. The highest BCUT2D eigenvalue weighted by molar-refractivity contribution is 6.46. The summed E-state index contributed by atoms with van der Waals surface area (Å²) in [7, 11) is 0. The molecule has 0 aromatic heterocycles. The molecule has 0 atom stereocenters. The van der Waals surface area contributed by atoms with E-state index in [1.54, 1.807) is 23.8 Å². The second-order valence-electron chi connectivity index (χ2n) is 38.3. The highest BCUT2D eigenvalue weighted by Crippen LogP contribution is 2.66. The van der Waals surface area contributed by atoms with Crippen molar-refractivity contribution in [2.45, 2.75) is 72.6 Å². The van der Waals surface area contributed by atoms with Gasteiger partial charge in [0.05, 0.1) is 12.2 Å². The highest BCUT2D eigenvalue weighted by Gasteiger charge is 2.39. The van der Waals surface area contributed by atoms with Gasteiger partial charge in [0, 0.05) is 33.0 Å². The third kappa shape index (κ3) is 15.5. The van der Waals surface area contributed by atoms with Crippen LogP contribution in [0.1, 0.15) is 83.3 Å². The Kier molecular flexibility index (Phi) is 23.3. The Bertz CT molecular complexity index is 8220. The Labute approximate surface area is 803 Å². The number of benzene rings is 20. The van der Waals surface area contributed by atoms with E-state index in [0.717, 1.165) is 61.2 Å². The third-order valence-corrected chi connectivity index (χ3v) is 27.8. The molecule has 5 N–H and O–H groups in total. The van der Waals surface area contributed by atoms with Crippen LogP contribution in [0.3, 0.4) is 0 Å². The first-order valence-corrected chi connectivity index (χ1v) is 47.5. The Hall–Kier alpha value is -15.7. The molecule has 4 aliphatic rings. The van der Waals surface area contributed by atoms with Crippen molar-refractivity contribution in [3.05, 3.63) is 438 Å². The lowest BCUT2D eigenvalue weighted by Crippen LogP contribution is -2.13. The standard InChI is InChI=1S/C58H40.C49H28O.C11H15NO2.C6H5Cl.C5H13NO2/c1-58(2,3)39-28-29-42-47(34-39)51(38-24-14-7-15-25-38)57-46-33-32-44-52-43(30-31-45(53(46)52)56(57)50(42)37-22-12-6-13-23-37)54-48(35-18-8-4-9-19-35)40-26-16-17-27-41(40)49(55(44)54)36-20-10-5-11-21-36;50-49-41(31-19-9-3-10-20-31)47-37-27-25-35-43-36(26-28-38(44(37)43)48(47)42(49)32-21-11-4-12-22-32)46-40(30-17-7-2-8-18-30)34-24-14-13-23-33(34)39(45(35)46)29-15-5-1-6-16-29;1-11(2,3)7-4-5-8(10(13)14)9(12)6-7;7-6-4-2-1-3-5-6;1-5(2)3-4-8-6-7/h4-34H,1-3H3;1-28H;4-6H,12H2,1-3H3,(H,13,14);1-5H;5-7H,3-4H2,1-2H3. The highest BCUT2D eigenvalue weighted by atomic mass is 35.5. The van der Waals surface area contributed by atoms with Crippen LogP contribution >= 0.6 is 11.6 Å². The molecule has 4 aliphatic carbocycles. The van der Waals surface area contributed by atoms with Crippen molar-refractivity contribution in [3.8, 4) is 145 Å². The second-order valence-corrected chi connectivity index (χ2v) is 38.7. The summed E-state index contributed by atoms with van der Waals surface area (Å²) in [5.74, 6) is -0.355. The number of anilines is 1. The number of carbonyl (C=O) groups is 1. The maximum atomic E-state index is 14.6. The minimum Gasteiger partial charge on any atom is -0.478 e. The number of carboxylic acid groups (broad SMARTS) is 1. The number of nitrogens with one attached hydrogen (secondary N) is 1. The van der Waals surface area contributed by atoms with Gasteiger partial charge in [-0.3, -0.25) is 14.8 Å². The first-order valence-electron chi connectivity index (χ1n) is 47.1. The lowest BCUT2D eigenvalue weighted by atomic mass is 9.79. The minimum absolute atomic E-state index is 0.00183. The number of rotatable bonds is 13. The summed E-state index contributed by atoms with van der Waals surface area (Å²) < 4.78 is 0. The van der Waals surface area contributed by atoms with Crippen LogP contribution < -0.4 is 16.8 Å². The third-order valence-electron chi connectivity index (χ3n) is 27.5. The van der Waals surface area contributed by atoms with E-state index >= 15 is 0 Å². The fourth-order valence-corrected chi connectivity index (χ4v) is 21.6. The van der Waals surface area contributed by atoms with Gasteiger partial charge in [0.2, 0.25) is 0 Å². The van der Waals surface area contributed by atoms with Crippen molar-refractivity contribution in [3.63, 3.8) is 0 Å². The van der Waals surface area contributed by atoms with Crippen LogP contribution in [0.15, 0.2) is 411 Å². The molecule has 0 bridgehead atoms. The van der Waals surface area contributed by atoms with E-state index in [4.69, 9.17) is 27.6 Å². The SMILES string of the molecule is CC(C)(C)c1ccc(C(=O)O)c(N)c1.CC(C)(C)c1ccc2c(-c3ccccc3)c3c(c(-c4ccccc4)c2c1)-c1ccc2c4c(ccc-3c14)-c1c-2c(-c2ccccc2)c2ccccc2c1-c1ccccc1.CC(C)CCONO.Clc1ccccc1.O=c1c(-c2ccccc2)c2c3ccc4c5c(-c6ccccc6)c6ccccc6c(-c6ccccc6)c5c5ccc(c-2c1-c1ccccc1)c3c45. The van der Waals surface area contributed by atoms with Gasteiger partial charge in [0.1, 0.15) is 0 Å². The topological polar surface area (TPSA) is 122 Å². The van der Waals surface area contributed by atoms with Gasteiger partial charge in [-0.05, 0) is 273 Å². The molecule has 0 heterocycles. The molecular weight excluding hydrogens is 1690 g/mol. The monoisotopic (exact) mass is 1790 g/mol. The predicted molar refractivity (Wildman–Crippen MR) is 579 cm³/mol. The van der Waals surface area contributed by atoms with E-state index in [9.17, 15) is 9.59 Å². The van der Waals surface area contributed by atoms with E-state index in [0.29, 0.717) is 18.2 Å². The average Bonchev–Trinajstić information content (AvgIpc) is 1.51. The summed E-state index contributed by atoms with van der Waals surface area (Å²) in [5, 5.41) is 37.8. The summed E-state index contributed by atoms with van der Waals surface area (Å²) >= 11 is 5.54. The van der Waals surface area contributed by atoms with E-state index < -0.39 is 5.97 Å². The zero-order valence-electron chi connectivity index (χ0n) is 77.7. The van der Waals surface area contributed by atoms with E-state index in [-0.39, 0.29) is 21.8 Å². The molecule has 21 aromatic carbocycles. The normalized spacial score (nSPS) is 11.9. The minimum atomic E-state index is -0.983. The van der Waals surface area contributed by atoms with Gasteiger partial charge in [-0.15, -0.1) is 0 Å². The van der Waals surface area contributed by atoms with Gasteiger partial charge < -0.3 is 10.8 Å². The maximum absolute atomic E-state index is 14.6. The molecule has 664 valence electrons. The molecule has 7 nitrogen and oxygen atoms in total. The Balaban J connectivity index is 0.000000127. The number of fused-ring (bicyclic) bond motifs is 15. The number of halogens is 1. The number of nitrogens with two attached hydrogens (primary N) is 1. The summed E-state index contributed by atoms with van der Waals surface area (Å²) in [6, 6.07) is 145. The number of hydrogen-bond acceptors (Lipinski definition) is 6. The van der Waals surface area contributed by atoms with Crippen molar-refractivity contribution >= 4 is 109 Å². The molecule has 25 rings (SSSR count). The van der Waals surface area contributed by atoms with Crippen LogP contribution in [-0.4, -0.2) is 22.9 Å². The Morgan fingerprint density at radius 3 is 0.876 bits per heavy atom. The lowest BCUT2D eigenvalue weighted by molar-refractivity contribution is -0.129. The number of nitrogen functional groups attached to an aromatic ring is 1. The molecule has 0 fully saturated rings. The molecule has 0 unspecified atom stereocenters. The first kappa shape index (κ1) is 87.9. The van der Waals surface area contributed by atoms with Gasteiger partial charge in [-0.1, -0.05) is 449 Å².